The molecule has 2 N–H and O–H groups in total. The van der Waals surface area contributed by atoms with Gasteiger partial charge in [-0.15, -0.1) is 0 Å². The first-order valence-electron chi connectivity index (χ1n) is 12.8. The molecule has 9 heteroatoms. The van der Waals surface area contributed by atoms with Gasteiger partial charge in [-0.1, -0.05) is 36.4 Å². The summed E-state index contributed by atoms with van der Waals surface area (Å²) in [5.41, 5.74) is 1.17. The molecule has 0 unspecified atom stereocenters. The van der Waals surface area contributed by atoms with E-state index in [4.69, 9.17) is 13.9 Å². The zero-order valence-electron chi connectivity index (χ0n) is 21.4. The lowest BCUT2D eigenvalue weighted by molar-refractivity contribution is -0.133. The molecule has 39 heavy (non-hydrogen) atoms. The van der Waals surface area contributed by atoms with E-state index in [9.17, 15) is 19.8 Å². The van der Waals surface area contributed by atoms with Gasteiger partial charge in [0.25, 0.3) is 0 Å². The van der Waals surface area contributed by atoms with E-state index < -0.39 is 17.1 Å². The van der Waals surface area contributed by atoms with Crippen LogP contribution in [0.1, 0.15) is 23.5 Å². The number of fused-ring (bicyclic) bond motifs is 2. The Morgan fingerprint density at radius 1 is 0.923 bits per heavy atom. The third-order valence-corrected chi connectivity index (χ3v) is 7.44. The number of hydrogen-bond donors (Lipinski definition) is 2. The van der Waals surface area contributed by atoms with Crippen molar-refractivity contribution >= 4 is 16.9 Å². The normalized spacial score (nSPS) is 16.0. The molecule has 0 bridgehead atoms. The average Bonchev–Trinajstić information content (AvgIpc) is 3.41. The molecule has 0 saturated carbocycles. The van der Waals surface area contributed by atoms with Gasteiger partial charge in [0.05, 0.1) is 0 Å². The lowest BCUT2D eigenvalue weighted by Crippen LogP contribution is -2.47. The number of hydrogen-bond acceptors (Lipinski definition) is 8. The third kappa shape index (κ3) is 4.66. The van der Waals surface area contributed by atoms with Crippen LogP contribution >= 0.6 is 0 Å². The van der Waals surface area contributed by atoms with E-state index in [-0.39, 0.29) is 47.2 Å². The topological polar surface area (TPSA) is 113 Å². The lowest BCUT2D eigenvalue weighted by Gasteiger charge is -2.33. The number of phenols is 2. The Hall–Kier alpha value is -4.50. The second-order valence-electron chi connectivity index (χ2n) is 9.93. The minimum Gasteiger partial charge on any atom is -0.507 e. The summed E-state index contributed by atoms with van der Waals surface area (Å²) in [6, 6.07) is 16.9. The van der Waals surface area contributed by atoms with Gasteiger partial charge in [-0.05, 0) is 24.7 Å². The van der Waals surface area contributed by atoms with Crippen molar-refractivity contribution in [3.8, 4) is 34.3 Å². The molecule has 1 amide bonds. The van der Waals surface area contributed by atoms with Gasteiger partial charge in [-0.2, -0.15) is 0 Å². The second-order valence-corrected chi connectivity index (χ2v) is 9.93. The smallest absolute Gasteiger partial charge is 0.231 e. The Kier molecular flexibility index (Phi) is 6.36. The SMILES string of the molecule is CN1CCN(C(=O)C[C@H](c2ccc3c(c2)OCO3)c2c(O)cc(O)c3c(=O)cc(-c4ccccc4)oc23)CC1. The van der Waals surface area contributed by atoms with Crippen LogP contribution in [-0.2, 0) is 4.79 Å². The molecule has 3 heterocycles. The summed E-state index contributed by atoms with van der Waals surface area (Å²) in [6.07, 6.45) is 0.00999. The number of carbonyl (C=O) groups is 1. The molecule has 2 aliphatic heterocycles. The molecule has 6 rings (SSSR count). The number of ether oxygens (including phenoxy) is 2. The van der Waals surface area contributed by atoms with Gasteiger partial charge in [-0.25, -0.2) is 0 Å². The fourth-order valence-corrected chi connectivity index (χ4v) is 5.28. The monoisotopic (exact) mass is 528 g/mol. The Morgan fingerprint density at radius 3 is 2.44 bits per heavy atom. The molecule has 4 aromatic rings. The van der Waals surface area contributed by atoms with Gasteiger partial charge in [0, 0.05) is 61.8 Å². The fraction of sp³-hybridized carbons (Fsp3) is 0.267. The summed E-state index contributed by atoms with van der Waals surface area (Å²) in [5.74, 6) is -0.0677. The number of benzene rings is 3. The molecular formula is C30H28N2O7. The predicted octanol–water partition coefficient (Wildman–Crippen LogP) is 3.90. The summed E-state index contributed by atoms with van der Waals surface area (Å²) in [5, 5.41) is 21.8. The van der Waals surface area contributed by atoms with Gasteiger partial charge < -0.3 is 33.9 Å². The first-order chi connectivity index (χ1) is 18.9. The zero-order valence-corrected chi connectivity index (χ0v) is 21.4. The van der Waals surface area contributed by atoms with Crippen molar-refractivity contribution in [3.63, 3.8) is 0 Å². The van der Waals surface area contributed by atoms with E-state index in [2.05, 4.69) is 4.90 Å². The first kappa shape index (κ1) is 24.8. The van der Waals surface area contributed by atoms with Gasteiger partial charge in [-0.3, -0.25) is 9.59 Å². The highest BCUT2D eigenvalue weighted by atomic mass is 16.7. The Morgan fingerprint density at radius 2 is 1.67 bits per heavy atom. The fourth-order valence-electron chi connectivity index (χ4n) is 5.28. The third-order valence-electron chi connectivity index (χ3n) is 7.44. The molecule has 2 aliphatic rings. The van der Waals surface area contributed by atoms with Crippen LogP contribution in [0, 0.1) is 0 Å². The molecule has 200 valence electrons. The van der Waals surface area contributed by atoms with Crippen molar-refractivity contribution in [1.82, 2.24) is 9.80 Å². The molecule has 1 saturated heterocycles. The highest BCUT2D eigenvalue weighted by Crippen LogP contribution is 2.45. The summed E-state index contributed by atoms with van der Waals surface area (Å²) in [6.45, 7) is 2.82. The van der Waals surface area contributed by atoms with Gasteiger partial charge in [0.2, 0.25) is 12.7 Å². The molecule has 3 aromatic carbocycles. The minimum atomic E-state index is -0.705. The number of carbonyl (C=O) groups excluding carboxylic acids is 1. The maximum Gasteiger partial charge on any atom is 0.231 e. The Labute approximate surface area is 224 Å². The second kappa shape index (κ2) is 9.99. The number of nitrogens with zero attached hydrogens (tertiary/aromatic N) is 2. The molecular weight excluding hydrogens is 500 g/mol. The van der Waals surface area contributed by atoms with Crippen molar-refractivity contribution in [2.24, 2.45) is 0 Å². The highest BCUT2D eigenvalue weighted by molar-refractivity contribution is 5.91. The van der Waals surface area contributed by atoms with Crippen LogP contribution in [0.3, 0.4) is 0 Å². The summed E-state index contributed by atoms with van der Waals surface area (Å²) in [4.78, 5) is 30.8. The number of likely N-dealkylation sites (N-methyl/N-ethyl adjacent to an activating group) is 1. The maximum absolute atomic E-state index is 13.6. The van der Waals surface area contributed by atoms with Crippen LogP contribution in [0.2, 0.25) is 0 Å². The number of amides is 1. The van der Waals surface area contributed by atoms with Crippen molar-refractivity contribution in [2.75, 3.05) is 40.0 Å². The van der Waals surface area contributed by atoms with Crippen molar-refractivity contribution in [3.05, 3.63) is 82.0 Å². The molecule has 1 atom stereocenters. The van der Waals surface area contributed by atoms with E-state index in [0.717, 1.165) is 19.2 Å². The van der Waals surface area contributed by atoms with Crippen LogP contribution in [0.15, 0.2) is 69.9 Å². The summed E-state index contributed by atoms with van der Waals surface area (Å²) in [7, 11) is 2.02. The highest BCUT2D eigenvalue weighted by Gasteiger charge is 2.31. The molecule has 1 aromatic heterocycles. The van der Waals surface area contributed by atoms with E-state index in [0.29, 0.717) is 35.7 Å². The maximum atomic E-state index is 13.6. The molecule has 0 radical (unpaired) electrons. The van der Waals surface area contributed by atoms with Crippen LogP contribution in [0.5, 0.6) is 23.0 Å². The van der Waals surface area contributed by atoms with Crippen LogP contribution in [0.25, 0.3) is 22.3 Å². The predicted molar refractivity (Wildman–Crippen MR) is 144 cm³/mol. The van der Waals surface area contributed by atoms with Gasteiger partial charge >= 0.3 is 0 Å². The minimum absolute atomic E-state index is 0.00999. The average molecular weight is 529 g/mol. The standard InChI is InChI=1S/C30H28N2O7/c1-31-9-11-32(12-10-31)27(36)14-20(19-7-8-24-26(13-19)38-17-37-24)28-21(33)15-22(34)29-23(35)16-25(39-30(28)29)18-5-3-2-4-6-18/h2-8,13,15-16,20,33-34H,9-12,14,17H2,1H3/t20-/m1/s1. The van der Waals surface area contributed by atoms with Crippen molar-refractivity contribution in [1.29, 1.82) is 0 Å². The quantitative estimate of drug-likeness (QED) is 0.401. The van der Waals surface area contributed by atoms with E-state index in [1.165, 1.54) is 6.07 Å². The number of piperazine rings is 1. The lowest BCUT2D eigenvalue weighted by atomic mass is 9.85. The van der Waals surface area contributed by atoms with E-state index >= 15 is 0 Å². The van der Waals surface area contributed by atoms with Crippen LogP contribution < -0.4 is 14.9 Å². The molecule has 0 spiro atoms. The molecule has 1 fully saturated rings. The first-order valence-corrected chi connectivity index (χ1v) is 12.8. The van der Waals surface area contributed by atoms with E-state index in [1.54, 1.807) is 24.3 Å². The van der Waals surface area contributed by atoms with E-state index in [1.807, 2.05) is 36.2 Å². The van der Waals surface area contributed by atoms with Gasteiger partial charge in [0.1, 0.15) is 28.2 Å². The van der Waals surface area contributed by atoms with Gasteiger partial charge in [0.15, 0.2) is 16.9 Å². The number of aromatic hydroxyl groups is 2. The zero-order chi connectivity index (χ0) is 27.1. The van der Waals surface area contributed by atoms with Crippen molar-refractivity contribution in [2.45, 2.75) is 12.3 Å². The largest absolute Gasteiger partial charge is 0.507 e. The Balaban J connectivity index is 1.53. The van der Waals surface area contributed by atoms with Crippen molar-refractivity contribution < 1.29 is 28.9 Å². The Bertz CT molecular complexity index is 1610. The number of rotatable bonds is 5. The number of phenolic OH excluding ortho intramolecular Hbond substituents is 2. The summed E-state index contributed by atoms with van der Waals surface area (Å²) < 4.78 is 17.3. The molecule has 0 aliphatic carbocycles. The summed E-state index contributed by atoms with van der Waals surface area (Å²) >= 11 is 0. The molecule has 9 nitrogen and oxygen atoms in total. The van der Waals surface area contributed by atoms with Crippen LogP contribution in [0.4, 0.5) is 0 Å². The van der Waals surface area contributed by atoms with Crippen LogP contribution in [-0.4, -0.2) is 65.9 Å².